The molecule has 0 radical (unpaired) electrons. The first-order chi connectivity index (χ1) is 10.7. The molecule has 0 bridgehead atoms. The minimum Gasteiger partial charge on any atom is -0.357 e. The average molecular weight is 430 g/mol. The van der Waals surface area contributed by atoms with E-state index in [1.165, 1.54) is 25.7 Å². The molecule has 0 amide bonds. The van der Waals surface area contributed by atoms with Gasteiger partial charge in [0.2, 0.25) is 0 Å². The van der Waals surface area contributed by atoms with E-state index in [2.05, 4.69) is 36.0 Å². The van der Waals surface area contributed by atoms with E-state index in [4.69, 9.17) is 4.99 Å². The van der Waals surface area contributed by atoms with Gasteiger partial charge in [-0.05, 0) is 43.7 Å². The zero-order chi connectivity index (χ0) is 15.8. The molecule has 1 saturated heterocycles. The highest BCUT2D eigenvalue weighted by atomic mass is 127. The molecule has 1 aliphatic heterocycles. The summed E-state index contributed by atoms with van der Waals surface area (Å²) in [4.78, 5) is 11.6. The fourth-order valence-corrected chi connectivity index (χ4v) is 3.38. The van der Waals surface area contributed by atoms with Crippen LogP contribution in [-0.4, -0.2) is 35.5 Å². The maximum absolute atomic E-state index is 4.80. The maximum Gasteiger partial charge on any atom is 0.194 e. The molecule has 0 saturated carbocycles. The summed E-state index contributed by atoms with van der Waals surface area (Å²) in [7, 11) is 0. The van der Waals surface area contributed by atoms with Crippen molar-refractivity contribution < 1.29 is 0 Å². The Hall–Kier alpha value is -0.850. The molecule has 1 fully saturated rings. The van der Waals surface area contributed by atoms with Crippen LogP contribution in [0, 0.1) is 5.41 Å². The molecule has 1 aliphatic rings. The number of nitrogens with zero attached hydrogens (tertiary/aromatic N) is 3. The van der Waals surface area contributed by atoms with Crippen molar-refractivity contribution in [3.63, 3.8) is 0 Å². The number of piperidine rings is 1. The van der Waals surface area contributed by atoms with E-state index in [1.807, 2.05) is 24.4 Å². The van der Waals surface area contributed by atoms with Gasteiger partial charge < -0.3 is 10.2 Å². The molecule has 4 nitrogen and oxygen atoms in total. The number of rotatable bonds is 5. The third-order valence-electron chi connectivity index (χ3n) is 4.39. The van der Waals surface area contributed by atoms with Gasteiger partial charge in [0.15, 0.2) is 5.96 Å². The third-order valence-corrected chi connectivity index (χ3v) is 4.39. The van der Waals surface area contributed by atoms with Crippen LogP contribution in [0.15, 0.2) is 29.4 Å². The molecule has 130 valence electrons. The van der Waals surface area contributed by atoms with Crippen molar-refractivity contribution in [2.24, 2.45) is 10.4 Å². The van der Waals surface area contributed by atoms with Gasteiger partial charge in [-0.25, -0.2) is 4.99 Å². The standard InChI is InChI=1S/C18H30N4.HI/c1-4-10-18(3)11-8-13-22(15-18)17(19-5-2)21-14-16-9-6-7-12-20-16;/h6-7,9,12H,4-5,8,10-11,13-15H2,1-3H3,(H,19,21);1H. The Labute approximate surface area is 158 Å². The largest absolute Gasteiger partial charge is 0.357 e. The van der Waals surface area contributed by atoms with Crippen molar-refractivity contribution in [3.8, 4) is 0 Å². The summed E-state index contributed by atoms with van der Waals surface area (Å²) in [5.41, 5.74) is 1.44. The zero-order valence-corrected chi connectivity index (χ0v) is 17.0. The highest BCUT2D eigenvalue weighted by Crippen LogP contribution is 2.33. The van der Waals surface area contributed by atoms with Gasteiger partial charge in [-0.2, -0.15) is 0 Å². The number of nitrogens with one attached hydrogen (secondary N) is 1. The van der Waals surface area contributed by atoms with Crippen LogP contribution in [0.4, 0.5) is 0 Å². The number of likely N-dealkylation sites (tertiary alicyclic amines) is 1. The molecule has 1 N–H and O–H groups in total. The smallest absolute Gasteiger partial charge is 0.194 e. The predicted octanol–water partition coefficient (Wildman–Crippen LogP) is 4.07. The topological polar surface area (TPSA) is 40.5 Å². The first kappa shape index (κ1) is 20.2. The Morgan fingerprint density at radius 3 is 2.87 bits per heavy atom. The fraction of sp³-hybridized carbons (Fsp3) is 0.667. The van der Waals surface area contributed by atoms with E-state index >= 15 is 0 Å². The van der Waals surface area contributed by atoms with Gasteiger partial charge in [0.25, 0.3) is 0 Å². The van der Waals surface area contributed by atoms with Gasteiger partial charge in [-0.15, -0.1) is 24.0 Å². The van der Waals surface area contributed by atoms with Crippen LogP contribution in [0.3, 0.4) is 0 Å². The van der Waals surface area contributed by atoms with E-state index in [0.717, 1.165) is 31.3 Å². The molecule has 0 spiro atoms. The molecular weight excluding hydrogens is 399 g/mol. The quantitative estimate of drug-likeness (QED) is 0.435. The number of aliphatic imine (C=N–C) groups is 1. The number of hydrogen-bond donors (Lipinski definition) is 1. The molecule has 23 heavy (non-hydrogen) atoms. The molecule has 2 rings (SSSR count). The maximum atomic E-state index is 4.80. The molecule has 1 atom stereocenters. The summed E-state index contributed by atoms with van der Waals surface area (Å²) >= 11 is 0. The van der Waals surface area contributed by atoms with Crippen molar-refractivity contribution in [1.29, 1.82) is 0 Å². The minimum absolute atomic E-state index is 0. The minimum atomic E-state index is 0. The summed E-state index contributed by atoms with van der Waals surface area (Å²) in [5.74, 6) is 1.04. The highest BCUT2D eigenvalue weighted by Gasteiger charge is 2.31. The SMILES string of the molecule is CCCC1(C)CCCN(C(=NCc2ccccn2)NCC)C1.I. The van der Waals surface area contributed by atoms with Crippen molar-refractivity contribution in [3.05, 3.63) is 30.1 Å². The van der Waals surface area contributed by atoms with Crippen LogP contribution in [-0.2, 0) is 6.54 Å². The van der Waals surface area contributed by atoms with Gasteiger partial charge in [0.05, 0.1) is 12.2 Å². The average Bonchev–Trinajstić information content (AvgIpc) is 2.52. The van der Waals surface area contributed by atoms with Crippen LogP contribution in [0.25, 0.3) is 0 Å². The van der Waals surface area contributed by atoms with E-state index in [9.17, 15) is 0 Å². The molecule has 2 heterocycles. The van der Waals surface area contributed by atoms with Gasteiger partial charge in [0.1, 0.15) is 0 Å². The molecule has 1 aromatic heterocycles. The molecule has 0 aliphatic carbocycles. The summed E-state index contributed by atoms with van der Waals surface area (Å²) in [6, 6.07) is 5.99. The van der Waals surface area contributed by atoms with Crippen LogP contribution in [0.1, 0.15) is 52.1 Å². The predicted molar refractivity (Wildman–Crippen MR) is 108 cm³/mol. The number of pyridine rings is 1. The second-order valence-corrected chi connectivity index (χ2v) is 6.58. The van der Waals surface area contributed by atoms with E-state index in [-0.39, 0.29) is 24.0 Å². The molecular formula is C18H31IN4. The summed E-state index contributed by atoms with van der Waals surface area (Å²) in [5, 5.41) is 3.45. The fourth-order valence-electron chi connectivity index (χ4n) is 3.38. The second kappa shape index (κ2) is 10.1. The molecule has 0 aromatic carbocycles. The molecule has 1 aromatic rings. The van der Waals surface area contributed by atoms with Crippen molar-refractivity contribution >= 4 is 29.9 Å². The van der Waals surface area contributed by atoms with Gasteiger partial charge in [-0.1, -0.05) is 26.3 Å². The molecule has 5 heteroatoms. The Morgan fingerprint density at radius 2 is 2.22 bits per heavy atom. The molecule has 1 unspecified atom stereocenters. The van der Waals surface area contributed by atoms with Crippen molar-refractivity contribution in [1.82, 2.24) is 15.2 Å². The first-order valence-corrected chi connectivity index (χ1v) is 8.60. The van der Waals surface area contributed by atoms with Crippen LogP contribution < -0.4 is 5.32 Å². The lowest BCUT2D eigenvalue weighted by atomic mass is 9.78. The lowest BCUT2D eigenvalue weighted by Gasteiger charge is -2.42. The summed E-state index contributed by atoms with van der Waals surface area (Å²) < 4.78 is 0. The third kappa shape index (κ3) is 6.28. The van der Waals surface area contributed by atoms with Crippen LogP contribution >= 0.6 is 24.0 Å². The Bertz CT molecular complexity index is 473. The van der Waals surface area contributed by atoms with Crippen LogP contribution in [0.5, 0.6) is 0 Å². The lowest BCUT2D eigenvalue weighted by molar-refractivity contribution is 0.142. The lowest BCUT2D eigenvalue weighted by Crippen LogP contribution is -2.49. The summed E-state index contributed by atoms with van der Waals surface area (Å²) in [6.45, 7) is 10.6. The Kier molecular flexibility index (Phi) is 8.87. The number of hydrogen-bond acceptors (Lipinski definition) is 2. The van der Waals surface area contributed by atoms with E-state index in [0.29, 0.717) is 12.0 Å². The number of halogens is 1. The number of guanidine groups is 1. The highest BCUT2D eigenvalue weighted by molar-refractivity contribution is 14.0. The van der Waals surface area contributed by atoms with Crippen molar-refractivity contribution in [2.75, 3.05) is 19.6 Å². The van der Waals surface area contributed by atoms with E-state index in [1.54, 1.807) is 0 Å². The zero-order valence-electron chi connectivity index (χ0n) is 14.7. The van der Waals surface area contributed by atoms with Crippen molar-refractivity contribution in [2.45, 2.75) is 53.0 Å². The summed E-state index contributed by atoms with van der Waals surface area (Å²) in [6.07, 6.45) is 6.97. The monoisotopic (exact) mass is 430 g/mol. The van der Waals surface area contributed by atoms with Crippen LogP contribution in [0.2, 0.25) is 0 Å². The number of aromatic nitrogens is 1. The van der Waals surface area contributed by atoms with Gasteiger partial charge in [0, 0.05) is 25.8 Å². The first-order valence-electron chi connectivity index (χ1n) is 8.60. The normalized spacial score (nSPS) is 21.7. The second-order valence-electron chi connectivity index (χ2n) is 6.58. The van der Waals surface area contributed by atoms with Gasteiger partial charge >= 0.3 is 0 Å². The Morgan fingerprint density at radius 1 is 1.39 bits per heavy atom. The Balaban J connectivity index is 0.00000264. The van der Waals surface area contributed by atoms with E-state index < -0.39 is 0 Å². The van der Waals surface area contributed by atoms with Gasteiger partial charge in [-0.3, -0.25) is 4.98 Å².